The summed E-state index contributed by atoms with van der Waals surface area (Å²) in [6.07, 6.45) is 15.7. The first-order chi connectivity index (χ1) is 16.2. The van der Waals surface area contributed by atoms with Crippen molar-refractivity contribution in [3.8, 4) is 0 Å². The lowest BCUT2D eigenvalue weighted by Crippen LogP contribution is -2.25. The van der Waals surface area contributed by atoms with Crippen molar-refractivity contribution in [3.63, 3.8) is 0 Å². The number of carbonyl (C=O) groups is 1. The van der Waals surface area contributed by atoms with Crippen molar-refractivity contribution in [2.45, 2.75) is 122 Å². The minimum Gasteiger partial charge on any atom is -0.460 e. The van der Waals surface area contributed by atoms with Crippen LogP contribution in [0.3, 0.4) is 0 Å². The van der Waals surface area contributed by atoms with Gasteiger partial charge >= 0.3 is 5.97 Å². The fourth-order valence-electron chi connectivity index (χ4n) is 5.82. The van der Waals surface area contributed by atoms with Gasteiger partial charge in [0, 0.05) is 30.5 Å². The maximum atomic E-state index is 12.8. The monoisotopic (exact) mass is 470 g/mol. The predicted molar refractivity (Wildman–Crippen MR) is 136 cm³/mol. The summed E-state index contributed by atoms with van der Waals surface area (Å²) in [5, 5.41) is 4.65. The fraction of sp³-hybridized carbons (Fsp3) is 0.793. The van der Waals surface area contributed by atoms with Crippen LogP contribution in [-0.4, -0.2) is 34.7 Å². The van der Waals surface area contributed by atoms with Gasteiger partial charge in [-0.1, -0.05) is 25.1 Å². The second-order valence-corrected chi connectivity index (χ2v) is 12.5. The molecule has 1 unspecified atom stereocenters. The highest BCUT2D eigenvalue weighted by atomic mass is 16.6. The maximum Gasteiger partial charge on any atom is 0.306 e. The number of aromatic nitrogens is 1. The van der Waals surface area contributed by atoms with Crippen LogP contribution in [0, 0.1) is 11.8 Å². The van der Waals surface area contributed by atoms with Crippen LogP contribution < -0.4 is 0 Å². The first kappa shape index (κ1) is 25.3. The molecular formula is C29H46N2O3. The lowest BCUT2D eigenvalue weighted by atomic mass is 9.69. The summed E-state index contributed by atoms with van der Waals surface area (Å²) in [6, 6.07) is 0. The zero-order valence-electron chi connectivity index (χ0n) is 22.1. The van der Waals surface area contributed by atoms with Crippen LogP contribution >= 0.6 is 0 Å². The van der Waals surface area contributed by atoms with E-state index in [4.69, 9.17) is 9.26 Å². The molecule has 0 amide bonds. The van der Waals surface area contributed by atoms with E-state index >= 15 is 0 Å². The Bertz CT molecular complexity index is 834. The fourth-order valence-corrected chi connectivity index (χ4v) is 5.82. The molecule has 0 N–H and O–H groups in total. The molecule has 2 aliphatic carbocycles. The summed E-state index contributed by atoms with van der Waals surface area (Å²) in [4.78, 5) is 15.3. The van der Waals surface area contributed by atoms with Crippen LogP contribution in [0.1, 0.15) is 134 Å². The molecule has 0 bridgehead atoms. The zero-order valence-corrected chi connectivity index (χ0v) is 22.1. The third kappa shape index (κ3) is 6.88. The molecule has 0 aromatic carbocycles. The summed E-state index contributed by atoms with van der Waals surface area (Å²) in [5.74, 6) is 3.64. The van der Waals surface area contributed by atoms with Gasteiger partial charge in [0.1, 0.15) is 11.4 Å². The summed E-state index contributed by atoms with van der Waals surface area (Å²) in [6.45, 7) is 12.7. The summed E-state index contributed by atoms with van der Waals surface area (Å²) < 4.78 is 11.8. The van der Waals surface area contributed by atoms with Gasteiger partial charge in [-0.2, -0.15) is 0 Å². The zero-order chi connectivity index (χ0) is 24.3. The Balaban J connectivity index is 1.50. The number of piperidine rings is 1. The van der Waals surface area contributed by atoms with Gasteiger partial charge < -0.3 is 14.2 Å². The molecule has 1 aliphatic heterocycles. The van der Waals surface area contributed by atoms with Gasteiger partial charge in [-0.25, -0.2) is 0 Å². The summed E-state index contributed by atoms with van der Waals surface area (Å²) in [5.41, 5.74) is 1.89. The molecule has 3 aliphatic rings. The topological polar surface area (TPSA) is 55.6 Å². The number of rotatable bonds is 10. The second-order valence-electron chi connectivity index (χ2n) is 12.5. The molecule has 190 valence electrons. The van der Waals surface area contributed by atoms with Gasteiger partial charge in [0.2, 0.25) is 0 Å². The van der Waals surface area contributed by atoms with Crippen molar-refractivity contribution in [3.05, 3.63) is 29.3 Å². The van der Waals surface area contributed by atoms with Crippen LogP contribution in [0.25, 0.3) is 0 Å². The molecule has 34 heavy (non-hydrogen) atoms. The minimum absolute atomic E-state index is 0.00975. The molecule has 1 aromatic heterocycles. The standard InChI is InChI=1S/C29H46N2O3/c1-20(2)16-21-17-24(18-21)28-26(22-11-12-22)27(30-34-28)23(19-25(32)33-29(3,4)5)10-9-15-31-13-7-6-8-14-31/h9,15,20-24H,6-8,10-14,16-19H2,1-5H3/b15-9+. The number of esters is 1. The van der Waals surface area contributed by atoms with E-state index in [9.17, 15) is 4.79 Å². The number of hydrogen-bond acceptors (Lipinski definition) is 5. The highest BCUT2D eigenvalue weighted by Crippen LogP contribution is 2.52. The van der Waals surface area contributed by atoms with E-state index in [1.165, 1.54) is 56.9 Å². The Morgan fingerprint density at radius 2 is 1.85 bits per heavy atom. The molecule has 3 fully saturated rings. The number of allylic oxidation sites excluding steroid dienone is 1. The molecule has 0 spiro atoms. The maximum absolute atomic E-state index is 12.8. The smallest absolute Gasteiger partial charge is 0.306 e. The molecule has 2 saturated carbocycles. The molecule has 2 heterocycles. The van der Waals surface area contributed by atoms with E-state index in [2.05, 4.69) is 36.2 Å². The number of carbonyl (C=O) groups excluding carboxylic acids is 1. The van der Waals surface area contributed by atoms with Crippen molar-refractivity contribution in [2.24, 2.45) is 11.8 Å². The van der Waals surface area contributed by atoms with Crippen LogP contribution in [0.2, 0.25) is 0 Å². The van der Waals surface area contributed by atoms with Crippen LogP contribution in [0.5, 0.6) is 0 Å². The van der Waals surface area contributed by atoms with Crippen LogP contribution in [-0.2, 0) is 9.53 Å². The predicted octanol–water partition coefficient (Wildman–Crippen LogP) is 7.30. The van der Waals surface area contributed by atoms with Crippen molar-refractivity contribution in [1.82, 2.24) is 10.1 Å². The molecule has 1 saturated heterocycles. The Labute approximate surface area is 206 Å². The van der Waals surface area contributed by atoms with E-state index in [1.54, 1.807) is 0 Å². The first-order valence-electron chi connectivity index (χ1n) is 13.8. The second kappa shape index (κ2) is 10.9. The van der Waals surface area contributed by atoms with Gasteiger partial charge in [0.05, 0.1) is 12.1 Å². The normalized spacial score (nSPS) is 24.5. The molecular weight excluding hydrogens is 424 g/mol. The largest absolute Gasteiger partial charge is 0.460 e. The quantitative estimate of drug-likeness (QED) is 0.336. The van der Waals surface area contributed by atoms with E-state index in [1.807, 2.05) is 20.8 Å². The van der Waals surface area contributed by atoms with Crippen LogP contribution in [0.15, 0.2) is 16.8 Å². The number of likely N-dealkylation sites (tertiary alicyclic amines) is 1. The van der Waals surface area contributed by atoms with E-state index in [0.29, 0.717) is 18.3 Å². The molecule has 0 radical (unpaired) electrons. The molecule has 1 aromatic rings. The highest BCUT2D eigenvalue weighted by molar-refractivity contribution is 5.71. The first-order valence-corrected chi connectivity index (χ1v) is 13.8. The van der Waals surface area contributed by atoms with Gasteiger partial charge in [0.25, 0.3) is 0 Å². The van der Waals surface area contributed by atoms with Crippen molar-refractivity contribution in [1.29, 1.82) is 0 Å². The molecule has 1 atom stereocenters. The minimum atomic E-state index is -0.475. The lowest BCUT2D eigenvalue weighted by molar-refractivity contribution is -0.155. The molecule has 4 rings (SSSR count). The highest BCUT2D eigenvalue weighted by Gasteiger charge is 2.41. The Kier molecular flexibility index (Phi) is 8.09. The van der Waals surface area contributed by atoms with Gasteiger partial charge in [0.15, 0.2) is 0 Å². The Morgan fingerprint density at radius 1 is 1.15 bits per heavy atom. The third-order valence-electron chi connectivity index (χ3n) is 7.53. The Hall–Kier alpha value is -1.78. The van der Waals surface area contributed by atoms with Gasteiger partial charge in [-0.15, -0.1) is 0 Å². The van der Waals surface area contributed by atoms with E-state index < -0.39 is 5.60 Å². The third-order valence-corrected chi connectivity index (χ3v) is 7.53. The lowest BCUT2D eigenvalue weighted by Gasteiger charge is -2.35. The SMILES string of the molecule is CC(C)CC1CC(c2onc(C(C/C=C/N3CCCCC3)CC(=O)OC(C)(C)C)c2C2CC2)C1. The average molecular weight is 471 g/mol. The summed E-state index contributed by atoms with van der Waals surface area (Å²) >= 11 is 0. The van der Waals surface area contributed by atoms with Crippen molar-refractivity contribution >= 4 is 5.97 Å². The number of nitrogens with zero attached hydrogens (tertiary/aromatic N) is 2. The van der Waals surface area contributed by atoms with Crippen molar-refractivity contribution < 1.29 is 14.1 Å². The van der Waals surface area contributed by atoms with E-state index in [-0.39, 0.29) is 11.9 Å². The van der Waals surface area contributed by atoms with Crippen molar-refractivity contribution in [2.75, 3.05) is 13.1 Å². The van der Waals surface area contributed by atoms with Gasteiger partial charge in [-0.3, -0.25) is 4.79 Å². The van der Waals surface area contributed by atoms with Gasteiger partial charge in [-0.05, 0) is 103 Å². The van der Waals surface area contributed by atoms with Crippen LogP contribution in [0.4, 0.5) is 0 Å². The number of hydrogen-bond donors (Lipinski definition) is 0. The number of ether oxygens (including phenoxy) is 1. The Morgan fingerprint density at radius 3 is 2.47 bits per heavy atom. The average Bonchev–Trinajstić information content (AvgIpc) is 3.47. The van der Waals surface area contributed by atoms with E-state index in [0.717, 1.165) is 42.8 Å². The summed E-state index contributed by atoms with van der Waals surface area (Å²) in [7, 11) is 0. The molecule has 5 heteroatoms. The molecule has 5 nitrogen and oxygen atoms in total.